The summed E-state index contributed by atoms with van der Waals surface area (Å²) in [5.41, 5.74) is 0.472. The van der Waals surface area contributed by atoms with Gasteiger partial charge < -0.3 is 10.2 Å². The van der Waals surface area contributed by atoms with E-state index in [0.29, 0.717) is 5.69 Å². The summed E-state index contributed by atoms with van der Waals surface area (Å²) in [4.78, 5) is 13.3. The second-order valence-corrected chi connectivity index (χ2v) is 3.81. The zero-order chi connectivity index (χ0) is 12.1. The van der Waals surface area contributed by atoms with Gasteiger partial charge in [0.1, 0.15) is 5.82 Å². The average molecular weight is 224 g/mol. The highest BCUT2D eigenvalue weighted by molar-refractivity contribution is 5.89. The van der Waals surface area contributed by atoms with Crippen LogP contribution in [0.15, 0.2) is 24.3 Å². The summed E-state index contributed by atoms with van der Waals surface area (Å²) in [6.45, 7) is 3.97. The summed E-state index contributed by atoms with van der Waals surface area (Å²) in [5, 5.41) is 2.64. The first-order valence-corrected chi connectivity index (χ1v) is 5.34. The number of hydrogen-bond acceptors (Lipinski definition) is 1. The Morgan fingerprint density at radius 2 is 2.25 bits per heavy atom. The van der Waals surface area contributed by atoms with E-state index >= 15 is 0 Å². The number of amides is 2. The number of nitrogens with one attached hydrogen (secondary N) is 1. The van der Waals surface area contributed by atoms with Crippen molar-refractivity contribution in [3.8, 4) is 0 Å². The summed E-state index contributed by atoms with van der Waals surface area (Å²) in [5.74, 6) is -0.357. The van der Waals surface area contributed by atoms with E-state index in [1.54, 1.807) is 24.1 Å². The molecule has 16 heavy (non-hydrogen) atoms. The fraction of sp³-hybridized carbons (Fsp3) is 0.417. The maximum Gasteiger partial charge on any atom is 0.321 e. The summed E-state index contributed by atoms with van der Waals surface area (Å²) in [7, 11) is 1.72. The standard InChI is InChI=1S/C12H17FN2O/c1-4-9(2)15(3)12(16)14-11-7-5-6-10(13)8-11/h5-9H,4H2,1-3H3,(H,14,16)/t9-/m1/s1. The van der Waals surface area contributed by atoms with Gasteiger partial charge in [-0.25, -0.2) is 9.18 Å². The third kappa shape index (κ3) is 3.22. The van der Waals surface area contributed by atoms with Crippen LogP contribution in [-0.4, -0.2) is 24.0 Å². The molecule has 0 unspecified atom stereocenters. The van der Waals surface area contributed by atoms with E-state index in [-0.39, 0.29) is 17.9 Å². The minimum Gasteiger partial charge on any atom is -0.325 e. The Bertz CT molecular complexity index is 368. The van der Waals surface area contributed by atoms with Crippen LogP contribution < -0.4 is 5.32 Å². The Hall–Kier alpha value is -1.58. The first-order valence-electron chi connectivity index (χ1n) is 5.34. The molecule has 1 aromatic carbocycles. The lowest BCUT2D eigenvalue weighted by Gasteiger charge is -2.24. The van der Waals surface area contributed by atoms with Gasteiger partial charge in [-0.2, -0.15) is 0 Å². The number of anilines is 1. The van der Waals surface area contributed by atoms with Crippen LogP contribution in [0.1, 0.15) is 20.3 Å². The minimum atomic E-state index is -0.357. The number of rotatable bonds is 3. The predicted molar refractivity (Wildman–Crippen MR) is 62.9 cm³/mol. The van der Waals surface area contributed by atoms with E-state index in [1.165, 1.54) is 12.1 Å². The van der Waals surface area contributed by atoms with Crippen molar-refractivity contribution < 1.29 is 9.18 Å². The Morgan fingerprint density at radius 3 is 2.81 bits per heavy atom. The monoisotopic (exact) mass is 224 g/mol. The molecule has 0 radical (unpaired) electrons. The van der Waals surface area contributed by atoms with E-state index in [9.17, 15) is 9.18 Å². The summed E-state index contributed by atoms with van der Waals surface area (Å²) in [6, 6.07) is 5.80. The van der Waals surface area contributed by atoms with Gasteiger partial charge in [0.2, 0.25) is 0 Å². The van der Waals surface area contributed by atoms with Crippen LogP contribution in [0.4, 0.5) is 14.9 Å². The highest BCUT2D eigenvalue weighted by atomic mass is 19.1. The molecule has 1 atom stereocenters. The smallest absolute Gasteiger partial charge is 0.321 e. The largest absolute Gasteiger partial charge is 0.325 e. The van der Waals surface area contributed by atoms with Gasteiger partial charge in [0.05, 0.1) is 0 Å². The fourth-order valence-electron chi connectivity index (χ4n) is 1.25. The van der Waals surface area contributed by atoms with E-state index < -0.39 is 0 Å². The van der Waals surface area contributed by atoms with Crippen LogP contribution >= 0.6 is 0 Å². The van der Waals surface area contributed by atoms with Crippen LogP contribution in [0.2, 0.25) is 0 Å². The molecule has 0 saturated heterocycles. The molecule has 3 nitrogen and oxygen atoms in total. The average Bonchev–Trinajstić information content (AvgIpc) is 2.27. The molecule has 88 valence electrons. The van der Waals surface area contributed by atoms with Gasteiger partial charge in [-0.15, -0.1) is 0 Å². The molecule has 1 N–H and O–H groups in total. The van der Waals surface area contributed by atoms with Gasteiger partial charge in [0, 0.05) is 18.8 Å². The Balaban J connectivity index is 2.64. The Labute approximate surface area is 95.3 Å². The number of carbonyl (C=O) groups excluding carboxylic acids is 1. The highest BCUT2D eigenvalue weighted by Crippen LogP contribution is 2.11. The van der Waals surface area contributed by atoms with Crippen molar-refractivity contribution >= 4 is 11.7 Å². The first kappa shape index (κ1) is 12.5. The molecule has 0 aliphatic carbocycles. The highest BCUT2D eigenvalue weighted by Gasteiger charge is 2.13. The van der Waals surface area contributed by atoms with Crippen molar-refractivity contribution in [3.63, 3.8) is 0 Å². The minimum absolute atomic E-state index is 0.161. The van der Waals surface area contributed by atoms with Gasteiger partial charge in [-0.05, 0) is 31.5 Å². The van der Waals surface area contributed by atoms with Crippen LogP contribution in [0.25, 0.3) is 0 Å². The van der Waals surface area contributed by atoms with Crippen molar-refractivity contribution in [1.29, 1.82) is 0 Å². The SMILES string of the molecule is CC[C@@H](C)N(C)C(=O)Nc1cccc(F)c1. The maximum absolute atomic E-state index is 12.9. The van der Waals surface area contributed by atoms with Crippen LogP contribution in [-0.2, 0) is 0 Å². The second kappa shape index (κ2) is 5.49. The molecule has 0 aliphatic rings. The van der Waals surface area contributed by atoms with E-state index in [2.05, 4.69) is 5.32 Å². The van der Waals surface area contributed by atoms with Gasteiger partial charge >= 0.3 is 6.03 Å². The molecule has 1 aromatic rings. The predicted octanol–water partition coefficient (Wildman–Crippen LogP) is 3.09. The number of nitrogens with zero attached hydrogens (tertiary/aromatic N) is 1. The molecule has 1 rings (SSSR count). The summed E-state index contributed by atoms with van der Waals surface area (Å²) < 4.78 is 12.9. The molecule has 0 heterocycles. The lowest BCUT2D eigenvalue weighted by molar-refractivity contribution is 0.206. The normalized spacial score (nSPS) is 12.0. The van der Waals surface area contributed by atoms with E-state index in [0.717, 1.165) is 6.42 Å². The molecule has 0 aromatic heterocycles. The molecule has 0 bridgehead atoms. The number of urea groups is 1. The van der Waals surface area contributed by atoms with Crippen molar-refractivity contribution in [2.24, 2.45) is 0 Å². The number of carbonyl (C=O) groups is 1. The van der Waals surface area contributed by atoms with Gasteiger partial charge in [-0.1, -0.05) is 13.0 Å². The number of hydrogen-bond donors (Lipinski definition) is 1. The lowest BCUT2D eigenvalue weighted by atomic mass is 10.2. The van der Waals surface area contributed by atoms with E-state index in [4.69, 9.17) is 0 Å². The number of benzene rings is 1. The molecule has 0 saturated carbocycles. The summed E-state index contributed by atoms with van der Waals surface area (Å²) in [6.07, 6.45) is 0.882. The first-order chi connectivity index (χ1) is 7.54. The molecule has 0 aliphatic heterocycles. The third-order valence-corrected chi connectivity index (χ3v) is 2.65. The van der Waals surface area contributed by atoms with Gasteiger partial charge in [-0.3, -0.25) is 0 Å². The summed E-state index contributed by atoms with van der Waals surface area (Å²) >= 11 is 0. The molecule has 2 amide bonds. The van der Waals surface area contributed by atoms with Gasteiger partial charge in [0.25, 0.3) is 0 Å². The molecule has 0 fully saturated rings. The molecular formula is C12H17FN2O. The van der Waals surface area contributed by atoms with E-state index in [1.807, 2.05) is 13.8 Å². The zero-order valence-electron chi connectivity index (χ0n) is 9.83. The van der Waals surface area contributed by atoms with Crippen molar-refractivity contribution in [3.05, 3.63) is 30.1 Å². The lowest BCUT2D eigenvalue weighted by Crippen LogP contribution is -2.37. The maximum atomic E-state index is 12.9. The molecule has 0 spiro atoms. The third-order valence-electron chi connectivity index (χ3n) is 2.65. The van der Waals surface area contributed by atoms with Crippen LogP contribution in [0, 0.1) is 5.82 Å². The quantitative estimate of drug-likeness (QED) is 0.840. The van der Waals surface area contributed by atoms with Gasteiger partial charge in [0.15, 0.2) is 0 Å². The zero-order valence-corrected chi connectivity index (χ0v) is 9.83. The molecular weight excluding hydrogens is 207 g/mol. The van der Waals surface area contributed by atoms with Crippen molar-refractivity contribution in [2.45, 2.75) is 26.3 Å². The van der Waals surface area contributed by atoms with Crippen LogP contribution in [0.5, 0.6) is 0 Å². The number of halogens is 1. The second-order valence-electron chi connectivity index (χ2n) is 3.81. The Kier molecular flexibility index (Phi) is 4.28. The molecule has 4 heteroatoms. The van der Waals surface area contributed by atoms with Crippen LogP contribution in [0.3, 0.4) is 0 Å². The Morgan fingerprint density at radius 1 is 1.56 bits per heavy atom. The fourth-order valence-corrected chi connectivity index (χ4v) is 1.25. The topological polar surface area (TPSA) is 32.3 Å². The van der Waals surface area contributed by atoms with Crippen molar-refractivity contribution in [1.82, 2.24) is 4.90 Å². The van der Waals surface area contributed by atoms with Crippen molar-refractivity contribution in [2.75, 3.05) is 12.4 Å².